The van der Waals surface area contributed by atoms with E-state index in [4.69, 9.17) is 10.8 Å². The summed E-state index contributed by atoms with van der Waals surface area (Å²) in [6, 6.07) is -0.723. The molecule has 3 heteroatoms. The van der Waals surface area contributed by atoms with Crippen LogP contribution in [0.1, 0.15) is 33.6 Å². The number of carbonyl (C=O) groups is 1. The number of nitrogens with two attached hydrogens (primary N) is 1. The van der Waals surface area contributed by atoms with Crippen molar-refractivity contribution in [3.63, 3.8) is 0 Å². The van der Waals surface area contributed by atoms with Crippen LogP contribution in [0.2, 0.25) is 0 Å². The van der Waals surface area contributed by atoms with E-state index in [-0.39, 0.29) is 0 Å². The number of carboxylic acids is 1. The Morgan fingerprint density at radius 3 is 2.25 bits per heavy atom. The second-order valence-electron chi connectivity index (χ2n) is 3.26. The van der Waals surface area contributed by atoms with Crippen molar-refractivity contribution in [3.05, 3.63) is 11.1 Å². The second-order valence-corrected chi connectivity index (χ2v) is 3.26. The second kappa shape index (κ2) is 4.93. The van der Waals surface area contributed by atoms with E-state index >= 15 is 0 Å². The zero-order valence-corrected chi connectivity index (χ0v) is 7.92. The number of carboxylic acid groups (broad SMARTS) is 1. The van der Waals surface area contributed by atoms with Crippen LogP contribution in [-0.2, 0) is 4.79 Å². The van der Waals surface area contributed by atoms with Gasteiger partial charge in [-0.1, -0.05) is 11.1 Å². The van der Waals surface area contributed by atoms with Gasteiger partial charge in [-0.2, -0.15) is 0 Å². The van der Waals surface area contributed by atoms with Gasteiger partial charge < -0.3 is 10.8 Å². The molecule has 0 aliphatic heterocycles. The van der Waals surface area contributed by atoms with Crippen LogP contribution >= 0.6 is 0 Å². The molecule has 0 fully saturated rings. The minimum absolute atomic E-state index is 0.520. The van der Waals surface area contributed by atoms with Crippen molar-refractivity contribution >= 4 is 5.97 Å². The number of hydrogen-bond acceptors (Lipinski definition) is 2. The van der Waals surface area contributed by atoms with Gasteiger partial charge in [0.15, 0.2) is 0 Å². The number of hydrogen-bond donors (Lipinski definition) is 2. The van der Waals surface area contributed by atoms with Crippen LogP contribution < -0.4 is 5.73 Å². The zero-order chi connectivity index (χ0) is 9.72. The maximum atomic E-state index is 10.3. The van der Waals surface area contributed by atoms with E-state index in [0.29, 0.717) is 6.42 Å². The molecule has 0 aliphatic carbocycles. The summed E-state index contributed by atoms with van der Waals surface area (Å²) in [4.78, 5) is 10.3. The lowest BCUT2D eigenvalue weighted by atomic mass is 10.0. The van der Waals surface area contributed by atoms with Crippen LogP contribution in [0.15, 0.2) is 11.1 Å². The minimum Gasteiger partial charge on any atom is -0.480 e. The van der Waals surface area contributed by atoms with Gasteiger partial charge >= 0.3 is 5.97 Å². The van der Waals surface area contributed by atoms with E-state index in [1.807, 2.05) is 20.8 Å². The lowest BCUT2D eigenvalue weighted by Gasteiger charge is -2.07. The van der Waals surface area contributed by atoms with Gasteiger partial charge in [0.05, 0.1) is 0 Å². The number of rotatable bonds is 4. The maximum absolute atomic E-state index is 10.3. The standard InChI is InChI=1S/C9H17NO2/c1-6(2)7(3)4-5-8(10)9(11)12/h8H,4-5,10H2,1-3H3,(H,11,12). The first-order valence-electron chi connectivity index (χ1n) is 4.06. The van der Waals surface area contributed by atoms with Crippen molar-refractivity contribution in [2.45, 2.75) is 39.7 Å². The highest BCUT2D eigenvalue weighted by Gasteiger charge is 2.10. The summed E-state index contributed by atoms with van der Waals surface area (Å²) in [5.41, 5.74) is 7.81. The molecule has 0 aromatic heterocycles. The Bertz CT molecular complexity index is 193. The van der Waals surface area contributed by atoms with E-state index in [0.717, 1.165) is 6.42 Å². The van der Waals surface area contributed by atoms with E-state index in [9.17, 15) is 4.79 Å². The van der Waals surface area contributed by atoms with Gasteiger partial charge in [-0.25, -0.2) is 0 Å². The highest BCUT2D eigenvalue weighted by atomic mass is 16.4. The Morgan fingerprint density at radius 1 is 1.42 bits per heavy atom. The van der Waals surface area contributed by atoms with Gasteiger partial charge in [-0.05, 0) is 33.6 Å². The van der Waals surface area contributed by atoms with Crippen molar-refractivity contribution in [2.24, 2.45) is 5.73 Å². The molecule has 0 saturated heterocycles. The lowest BCUT2D eigenvalue weighted by molar-refractivity contribution is -0.138. The average molecular weight is 171 g/mol. The van der Waals surface area contributed by atoms with Crippen molar-refractivity contribution in [2.75, 3.05) is 0 Å². The first-order chi connectivity index (χ1) is 5.45. The van der Waals surface area contributed by atoms with E-state index < -0.39 is 12.0 Å². The van der Waals surface area contributed by atoms with E-state index in [1.165, 1.54) is 11.1 Å². The van der Waals surface area contributed by atoms with Gasteiger partial charge in [0, 0.05) is 0 Å². The van der Waals surface area contributed by atoms with Gasteiger partial charge in [0.1, 0.15) is 6.04 Å². The first kappa shape index (κ1) is 11.2. The van der Waals surface area contributed by atoms with Crippen molar-refractivity contribution in [1.82, 2.24) is 0 Å². The molecule has 12 heavy (non-hydrogen) atoms. The minimum atomic E-state index is -0.920. The quantitative estimate of drug-likeness (QED) is 0.630. The lowest BCUT2D eigenvalue weighted by Crippen LogP contribution is -2.29. The summed E-state index contributed by atoms with van der Waals surface area (Å²) in [5.74, 6) is -0.920. The van der Waals surface area contributed by atoms with Crippen LogP contribution in [-0.4, -0.2) is 17.1 Å². The zero-order valence-electron chi connectivity index (χ0n) is 7.92. The van der Waals surface area contributed by atoms with Crippen LogP contribution in [0.5, 0.6) is 0 Å². The Labute approximate surface area is 73.3 Å². The van der Waals surface area contributed by atoms with Crippen molar-refractivity contribution in [1.29, 1.82) is 0 Å². The Kier molecular flexibility index (Phi) is 4.59. The number of allylic oxidation sites excluding steroid dienone is 2. The predicted octanol–water partition coefficient (Wildman–Crippen LogP) is 1.53. The fraction of sp³-hybridized carbons (Fsp3) is 0.667. The molecular weight excluding hydrogens is 154 g/mol. The van der Waals surface area contributed by atoms with Crippen LogP contribution in [0.4, 0.5) is 0 Å². The predicted molar refractivity (Wildman–Crippen MR) is 48.9 cm³/mol. The largest absolute Gasteiger partial charge is 0.480 e. The molecule has 0 saturated carbocycles. The van der Waals surface area contributed by atoms with Crippen LogP contribution in [0, 0.1) is 0 Å². The maximum Gasteiger partial charge on any atom is 0.320 e. The topological polar surface area (TPSA) is 63.3 Å². The molecule has 0 radical (unpaired) electrons. The fourth-order valence-corrected chi connectivity index (χ4v) is 0.745. The monoisotopic (exact) mass is 171 g/mol. The normalized spacial score (nSPS) is 12.3. The van der Waals surface area contributed by atoms with Gasteiger partial charge in [-0.3, -0.25) is 4.79 Å². The summed E-state index contributed by atoms with van der Waals surface area (Å²) >= 11 is 0. The van der Waals surface area contributed by atoms with E-state index in [2.05, 4.69) is 0 Å². The molecule has 0 heterocycles. The summed E-state index contributed by atoms with van der Waals surface area (Å²) in [6.07, 6.45) is 1.29. The highest BCUT2D eigenvalue weighted by Crippen LogP contribution is 2.10. The molecule has 1 unspecified atom stereocenters. The molecule has 0 amide bonds. The third-order valence-electron chi connectivity index (χ3n) is 2.00. The van der Waals surface area contributed by atoms with Crippen LogP contribution in [0.3, 0.4) is 0 Å². The molecule has 3 N–H and O–H groups in total. The molecular formula is C9H17NO2. The summed E-state index contributed by atoms with van der Waals surface area (Å²) in [6.45, 7) is 6.03. The van der Waals surface area contributed by atoms with Gasteiger partial charge in [0.2, 0.25) is 0 Å². The molecule has 70 valence electrons. The molecule has 0 spiro atoms. The third-order valence-corrected chi connectivity index (χ3v) is 2.00. The summed E-state index contributed by atoms with van der Waals surface area (Å²) in [7, 11) is 0. The molecule has 0 aromatic carbocycles. The van der Waals surface area contributed by atoms with Crippen molar-refractivity contribution < 1.29 is 9.90 Å². The smallest absolute Gasteiger partial charge is 0.320 e. The van der Waals surface area contributed by atoms with Crippen LogP contribution in [0.25, 0.3) is 0 Å². The van der Waals surface area contributed by atoms with Gasteiger partial charge in [0.25, 0.3) is 0 Å². The summed E-state index contributed by atoms with van der Waals surface area (Å²) in [5, 5.41) is 8.49. The summed E-state index contributed by atoms with van der Waals surface area (Å²) < 4.78 is 0. The van der Waals surface area contributed by atoms with Gasteiger partial charge in [-0.15, -0.1) is 0 Å². The Balaban J connectivity index is 3.85. The SMILES string of the molecule is CC(C)=C(C)CCC(N)C(=O)O. The Hall–Kier alpha value is -0.830. The fourth-order valence-electron chi connectivity index (χ4n) is 0.745. The molecule has 0 rings (SSSR count). The third kappa shape index (κ3) is 4.13. The molecule has 0 aromatic rings. The molecule has 0 aliphatic rings. The molecule has 1 atom stereocenters. The number of aliphatic carboxylic acids is 1. The molecule has 3 nitrogen and oxygen atoms in total. The highest BCUT2D eigenvalue weighted by molar-refractivity contribution is 5.73. The van der Waals surface area contributed by atoms with Crippen molar-refractivity contribution in [3.8, 4) is 0 Å². The first-order valence-corrected chi connectivity index (χ1v) is 4.06. The Morgan fingerprint density at radius 2 is 1.92 bits per heavy atom. The average Bonchev–Trinajstić information content (AvgIpc) is 1.98. The van der Waals surface area contributed by atoms with E-state index in [1.54, 1.807) is 0 Å². The molecule has 0 bridgehead atoms.